The third-order valence-corrected chi connectivity index (χ3v) is 2.70. The van der Waals surface area contributed by atoms with Crippen molar-refractivity contribution < 1.29 is 9.18 Å². The van der Waals surface area contributed by atoms with Crippen LogP contribution in [0.25, 0.3) is 0 Å². The van der Waals surface area contributed by atoms with E-state index in [1.54, 1.807) is 0 Å². The summed E-state index contributed by atoms with van der Waals surface area (Å²) in [5, 5.41) is 8.47. The van der Waals surface area contributed by atoms with Gasteiger partial charge in [-0.1, -0.05) is 30.3 Å². The zero-order chi connectivity index (χ0) is 12.7. The Morgan fingerprint density at radius 2 is 2.06 bits per heavy atom. The first kappa shape index (κ1) is 13.4. The van der Waals surface area contributed by atoms with Crippen LogP contribution < -0.4 is 0 Å². The third-order valence-electron chi connectivity index (χ3n) is 2.70. The van der Waals surface area contributed by atoms with E-state index in [0.29, 0.717) is 0 Å². The second-order valence-electron chi connectivity index (χ2n) is 4.14. The summed E-state index contributed by atoms with van der Waals surface area (Å²) in [5.41, 5.74) is 0.827. The Hall–Kier alpha value is -1.69. The molecule has 2 unspecified atom stereocenters. The lowest BCUT2D eigenvalue weighted by Crippen LogP contribution is -2.17. The smallest absolute Gasteiger partial charge is 0.130 e. The maximum atomic E-state index is 14.0. The molecule has 1 aromatic carbocycles. The van der Waals surface area contributed by atoms with Crippen LogP contribution in [0.15, 0.2) is 30.3 Å². The highest BCUT2D eigenvalue weighted by atomic mass is 19.1. The molecule has 2 nitrogen and oxygen atoms in total. The first-order valence-corrected chi connectivity index (χ1v) is 5.70. The number of nitriles is 1. The van der Waals surface area contributed by atoms with Gasteiger partial charge < -0.3 is 4.79 Å². The molecule has 0 saturated carbocycles. The van der Waals surface area contributed by atoms with Gasteiger partial charge in [0.15, 0.2) is 0 Å². The van der Waals surface area contributed by atoms with E-state index < -0.39 is 12.1 Å². The van der Waals surface area contributed by atoms with Crippen molar-refractivity contribution >= 4 is 5.78 Å². The summed E-state index contributed by atoms with van der Waals surface area (Å²) in [4.78, 5) is 11.2. The van der Waals surface area contributed by atoms with Crippen LogP contribution in [-0.4, -0.2) is 12.0 Å². The van der Waals surface area contributed by atoms with Gasteiger partial charge in [0.1, 0.15) is 12.0 Å². The maximum Gasteiger partial charge on any atom is 0.130 e. The van der Waals surface area contributed by atoms with Gasteiger partial charge in [-0.05, 0) is 18.9 Å². The molecule has 1 aromatic rings. The Balaban J connectivity index is 2.81. The molecule has 0 bridgehead atoms. The molecule has 0 heterocycles. The molecule has 2 atom stereocenters. The zero-order valence-electron chi connectivity index (χ0n) is 9.90. The van der Waals surface area contributed by atoms with E-state index in [0.717, 1.165) is 5.56 Å². The normalized spacial score (nSPS) is 13.7. The SMILES string of the molecule is CC(=O)CC(c1ccccc1)C(F)CCC#N. The molecule has 3 heteroatoms. The monoisotopic (exact) mass is 233 g/mol. The Morgan fingerprint density at radius 1 is 1.41 bits per heavy atom. The van der Waals surface area contributed by atoms with Gasteiger partial charge in [0.05, 0.1) is 6.07 Å². The average Bonchev–Trinajstić information content (AvgIpc) is 2.34. The summed E-state index contributed by atoms with van der Waals surface area (Å²) in [5.74, 6) is -0.458. The highest BCUT2D eigenvalue weighted by Crippen LogP contribution is 2.28. The van der Waals surface area contributed by atoms with Gasteiger partial charge in [-0.3, -0.25) is 0 Å². The molecule has 17 heavy (non-hydrogen) atoms. The van der Waals surface area contributed by atoms with Gasteiger partial charge in [-0.2, -0.15) is 5.26 Å². The van der Waals surface area contributed by atoms with Gasteiger partial charge in [0, 0.05) is 18.8 Å². The highest BCUT2D eigenvalue weighted by Gasteiger charge is 2.23. The second kappa shape index (κ2) is 6.80. The molecule has 0 amide bonds. The van der Waals surface area contributed by atoms with Crippen LogP contribution >= 0.6 is 0 Å². The number of nitrogens with zero attached hydrogens (tertiary/aromatic N) is 1. The summed E-state index contributed by atoms with van der Waals surface area (Å²) < 4.78 is 14.0. The lowest BCUT2D eigenvalue weighted by molar-refractivity contribution is -0.117. The van der Waals surface area contributed by atoms with Crippen molar-refractivity contribution in [2.45, 2.75) is 38.3 Å². The quantitative estimate of drug-likeness (QED) is 0.755. The van der Waals surface area contributed by atoms with E-state index in [9.17, 15) is 9.18 Å². The maximum absolute atomic E-state index is 14.0. The van der Waals surface area contributed by atoms with Crippen molar-refractivity contribution in [1.29, 1.82) is 5.26 Å². The number of carbonyl (C=O) groups excluding carboxylic acids is 1. The fraction of sp³-hybridized carbons (Fsp3) is 0.429. The van der Waals surface area contributed by atoms with Crippen molar-refractivity contribution in [2.75, 3.05) is 0 Å². The topological polar surface area (TPSA) is 40.9 Å². The molecule has 0 fully saturated rings. The number of alkyl halides is 1. The standard InChI is InChI=1S/C14H16FNO/c1-11(17)10-13(14(15)8-5-9-16)12-6-3-2-4-7-12/h2-4,6-7,13-14H,5,8,10H2,1H3. The van der Waals surface area contributed by atoms with Crippen molar-refractivity contribution in [3.05, 3.63) is 35.9 Å². The van der Waals surface area contributed by atoms with Crippen LogP contribution in [0, 0.1) is 11.3 Å². The molecular formula is C14H16FNO. The number of benzene rings is 1. The van der Waals surface area contributed by atoms with Crippen LogP contribution in [0.4, 0.5) is 4.39 Å². The van der Waals surface area contributed by atoms with Gasteiger partial charge in [-0.25, -0.2) is 4.39 Å². The Labute approximate surface area is 101 Å². The van der Waals surface area contributed by atoms with E-state index in [2.05, 4.69) is 0 Å². The lowest BCUT2D eigenvalue weighted by Gasteiger charge is -2.19. The van der Waals surface area contributed by atoms with E-state index in [1.807, 2.05) is 36.4 Å². The molecule has 90 valence electrons. The second-order valence-corrected chi connectivity index (χ2v) is 4.14. The predicted molar refractivity (Wildman–Crippen MR) is 64.2 cm³/mol. The fourth-order valence-electron chi connectivity index (χ4n) is 1.87. The van der Waals surface area contributed by atoms with Gasteiger partial charge >= 0.3 is 0 Å². The molecule has 0 aliphatic carbocycles. The van der Waals surface area contributed by atoms with Crippen LogP contribution in [0.1, 0.15) is 37.7 Å². The molecular weight excluding hydrogens is 217 g/mol. The van der Waals surface area contributed by atoms with Crippen LogP contribution in [0.3, 0.4) is 0 Å². The minimum absolute atomic E-state index is 0.0292. The van der Waals surface area contributed by atoms with Crippen molar-refractivity contribution in [1.82, 2.24) is 0 Å². The number of halogens is 1. The Morgan fingerprint density at radius 3 is 2.59 bits per heavy atom. The van der Waals surface area contributed by atoms with Gasteiger partial charge in [0.2, 0.25) is 0 Å². The first-order chi connectivity index (χ1) is 8.15. The Bertz CT molecular complexity index is 396. The zero-order valence-corrected chi connectivity index (χ0v) is 9.90. The summed E-state index contributed by atoms with van der Waals surface area (Å²) >= 11 is 0. The molecule has 1 rings (SSSR count). The fourth-order valence-corrected chi connectivity index (χ4v) is 1.87. The van der Waals surface area contributed by atoms with Crippen molar-refractivity contribution in [3.63, 3.8) is 0 Å². The summed E-state index contributed by atoms with van der Waals surface area (Å²) in [6.07, 6.45) is -0.580. The number of rotatable bonds is 6. The third kappa shape index (κ3) is 4.36. The van der Waals surface area contributed by atoms with E-state index in [4.69, 9.17) is 5.26 Å². The van der Waals surface area contributed by atoms with E-state index in [1.165, 1.54) is 6.92 Å². The minimum atomic E-state index is -1.14. The van der Waals surface area contributed by atoms with E-state index in [-0.39, 0.29) is 25.0 Å². The van der Waals surface area contributed by atoms with Crippen LogP contribution in [0.5, 0.6) is 0 Å². The Kier molecular flexibility index (Phi) is 5.35. The van der Waals surface area contributed by atoms with Crippen LogP contribution in [0.2, 0.25) is 0 Å². The van der Waals surface area contributed by atoms with Crippen molar-refractivity contribution in [3.8, 4) is 6.07 Å². The summed E-state index contributed by atoms with van der Waals surface area (Å²) in [6, 6.07) is 11.1. The molecule has 0 N–H and O–H groups in total. The largest absolute Gasteiger partial charge is 0.300 e. The molecule has 0 aliphatic heterocycles. The van der Waals surface area contributed by atoms with Crippen LogP contribution in [-0.2, 0) is 4.79 Å². The average molecular weight is 233 g/mol. The predicted octanol–water partition coefficient (Wildman–Crippen LogP) is 3.39. The van der Waals surface area contributed by atoms with Gasteiger partial charge in [0.25, 0.3) is 0 Å². The number of hydrogen-bond donors (Lipinski definition) is 0. The highest BCUT2D eigenvalue weighted by molar-refractivity contribution is 5.76. The molecule has 0 spiro atoms. The number of carbonyl (C=O) groups is 1. The lowest BCUT2D eigenvalue weighted by atomic mass is 9.88. The molecule has 0 aromatic heterocycles. The minimum Gasteiger partial charge on any atom is -0.300 e. The summed E-state index contributed by atoms with van der Waals surface area (Å²) in [7, 11) is 0. The number of hydrogen-bond acceptors (Lipinski definition) is 2. The number of ketones is 1. The van der Waals surface area contributed by atoms with Gasteiger partial charge in [-0.15, -0.1) is 0 Å². The molecule has 0 radical (unpaired) electrons. The number of Topliss-reactive ketones (excluding diaryl/α,β-unsaturated/α-hetero) is 1. The summed E-state index contributed by atoms with van der Waals surface area (Å²) in [6.45, 7) is 1.47. The van der Waals surface area contributed by atoms with Crippen molar-refractivity contribution in [2.24, 2.45) is 0 Å². The molecule has 0 saturated heterocycles. The molecule has 0 aliphatic rings. The first-order valence-electron chi connectivity index (χ1n) is 5.70. The van der Waals surface area contributed by atoms with E-state index >= 15 is 0 Å².